The van der Waals surface area contributed by atoms with E-state index < -0.39 is 0 Å². The van der Waals surface area contributed by atoms with Crippen LogP contribution in [0.3, 0.4) is 0 Å². The molecule has 34 heavy (non-hydrogen) atoms. The number of aryl methyl sites for hydroxylation is 1. The van der Waals surface area contributed by atoms with E-state index >= 15 is 0 Å². The minimum Gasteiger partial charge on any atom is -0.364 e. The molecule has 1 fully saturated rings. The van der Waals surface area contributed by atoms with Crippen molar-refractivity contribution in [2.75, 3.05) is 18.0 Å². The number of rotatable bonds is 7. The van der Waals surface area contributed by atoms with Crippen LogP contribution >= 0.6 is 11.6 Å². The molecular weight excluding hydrogens is 452 g/mol. The molecule has 0 amide bonds. The predicted molar refractivity (Wildman–Crippen MR) is 134 cm³/mol. The predicted octanol–water partition coefficient (Wildman–Crippen LogP) is 3.57. The van der Waals surface area contributed by atoms with E-state index in [1.165, 1.54) is 0 Å². The van der Waals surface area contributed by atoms with Gasteiger partial charge in [-0.1, -0.05) is 25.4 Å². The number of nitrogens with zero attached hydrogens (tertiary/aromatic N) is 8. The summed E-state index contributed by atoms with van der Waals surface area (Å²) < 4.78 is 5.28. The van der Waals surface area contributed by atoms with Gasteiger partial charge in [0.1, 0.15) is 23.0 Å². The van der Waals surface area contributed by atoms with Crippen LogP contribution in [0.2, 0.25) is 5.15 Å². The molecule has 0 N–H and O–H groups in total. The molecule has 0 saturated carbocycles. The second-order valence-electron chi connectivity index (χ2n) is 8.98. The summed E-state index contributed by atoms with van der Waals surface area (Å²) in [5.74, 6) is 0.987. The number of aromatic nitrogens is 5. The van der Waals surface area contributed by atoms with Crippen molar-refractivity contribution < 1.29 is 0 Å². The van der Waals surface area contributed by atoms with E-state index in [0.717, 1.165) is 55.0 Å². The average Bonchev–Trinajstić information content (AvgIpc) is 3.43. The van der Waals surface area contributed by atoms with Crippen molar-refractivity contribution in [3.8, 4) is 6.07 Å². The quantitative estimate of drug-likeness (QED) is 0.509. The lowest BCUT2D eigenvalue weighted by atomic mass is 9.99. The maximum Gasteiger partial charge on any atom is 0.252 e. The van der Waals surface area contributed by atoms with E-state index in [-0.39, 0.29) is 30.2 Å². The molecular formula is C24H33ClN8O. The highest BCUT2D eigenvalue weighted by Gasteiger charge is 2.37. The highest BCUT2D eigenvalue weighted by atomic mass is 35.5. The summed E-state index contributed by atoms with van der Waals surface area (Å²) >= 11 is 6.38. The third kappa shape index (κ3) is 4.10. The van der Waals surface area contributed by atoms with Crippen LogP contribution in [-0.2, 0) is 20.1 Å². The summed E-state index contributed by atoms with van der Waals surface area (Å²) in [5, 5.41) is 14.5. The number of hydrogen-bond acceptors (Lipinski definition) is 6. The van der Waals surface area contributed by atoms with E-state index in [2.05, 4.69) is 58.2 Å². The molecule has 3 aromatic heterocycles. The summed E-state index contributed by atoms with van der Waals surface area (Å²) in [5.41, 5.74) is 2.29. The fourth-order valence-corrected chi connectivity index (χ4v) is 5.48. The SMILES string of the molecule is CC[C@H]1CN([C@@H](C)c2ncc(Cl)n2CC)[C@H](CC)CN1c1cc(=O)n(C)c2cn(CC#N)nc12. The zero-order valence-electron chi connectivity index (χ0n) is 20.6. The molecule has 0 aromatic carbocycles. The van der Waals surface area contributed by atoms with Gasteiger partial charge < -0.3 is 14.0 Å². The lowest BCUT2D eigenvalue weighted by molar-refractivity contribution is 0.0951. The monoisotopic (exact) mass is 484 g/mol. The number of piperazine rings is 1. The Bertz CT molecular complexity index is 1270. The van der Waals surface area contributed by atoms with Gasteiger partial charge in [0.05, 0.1) is 35.7 Å². The number of hydrogen-bond donors (Lipinski definition) is 0. The largest absolute Gasteiger partial charge is 0.364 e. The third-order valence-corrected chi connectivity index (χ3v) is 7.49. The van der Waals surface area contributed by atoms with E-state index in [4.69, 9.17) is 16.9 Å². The number of imidazole rings is 1. The standard InChI is InChI=1S/C24H33ClN8O/c1-6-17-14-33(19-11-22(34)29(5)20-15-30(10-9-26)28-23(19)20)18(7-2)13-32(17)16(4)24-27-12-21(25)31(24)8-3/h11-12,15-18H,6-8,10,13-14H2,1-5H3/t16-,17+,18-/m0/s1. The van der Waals surface area contributed by atoms with E-state index in [9.17, 15) is 4.79 Å². The minimum atomic E-state index is -0.0719. The number of anilines is 1. The molecule has 0 aliphatic carbocycles. The van der Waals surface area contributed by atoms with Crippen molar-refractivity contribution in [3.63, 3.8) is 0 Å². The molecule has 0 radical (unpaired) electrons. The van der Waals surface area contributed by atoms with Crippen molar-refractivity contribution in [1.29, 1.82) is 5.26 Å². The van der Waals surface area contributed by atoms with Crippen molar-refractivity contribution in [1.82, 2.24) is 28.8 Å². The molecule has 4 rings (SSSR count). The molecule has 1 aliphatic rings. The van der Waals surface area contributed by atoms with Crippen molar-refractivity contribution in [3.05, 3.63) is 39.8 Å². The Morgan fingerprint density at radius 1 is 1.24 bits per heavy atom. The Kier molecular flexibility index (Phi) is 7.01. The van der Waals surface area contributed by atoms with Gasteiger partial charge in [0.2, 0.25) is 0 Å². The maximum absolute atomic E-state index is 12.8. The number of pyridine rings is 1. The first-order valence-electron chi connectivity index (χ1n) is 12.0. The van der Waals surface area contributed by atoms with Gasteiger partial charge >= 0.3 is 0 Å². The van der Waals surface area contributed by atoms with E-state index in [1.807, 2.05) is 0 Å². The molecule has 182 valence electrons. The fourth-order valence-electron chi connectivity index (χ4n) is 5.23. The first-order chi connectivity index (χ1) is 16.3. The summed E-state index contributed by atoms with van der Waals surface area (Å²) in [6.07, 6.45) is 5.42. The van der Waals surface area contributed by atoms with Gasteiger partial charge in [-0.15, -0.1) is 0 Å². The zero-order valence-corrected chi connectivity index (χ0v) is 21.3. The third-order valence-electron chi connectivity index (χ3n) is 7.19. The fraction of sp³-hybridized carbons (Fsp3) is 0.583. The number of fused-ring (bicyclic) bond motifs is 1. The van der Waals surface area contributed by atoms with E-state index in [1.54, 1.807) is 34.8 Å². The molecule has 9 nitrogen and oxygen atoms in total. The Balaban J connectivity index is 1.73. The Morgan fingerprint density at radius 3 is 2.62 bits per heavy atom. The van der Waals surface area contributed by atoms with Gasteiger partial charge in [0.15, 0.2) is 0 Å². The first kappa shape index (κ1) is 24.3. The molecule has 1 saturated heterocycles. The van der Waals surface area contributed by atoms with Crippen molar-refractivity contribution in [2.24, 2.45) is 7.05 Å². The van der Waals surface area contributed by atoms with Crippen LogP contribution in [0, 0.1) is 11.3 Å². The van der Waals surface area contributed by atoms with Crippen molar-refractivity contribution in [2.45, 2.75) is 71.8 Å². The smallest absolute Gasteiger partial charge is 0.252 e. The number of halogens is 1. The van der Waals surface area contributed by atoms with Crippen molar-refractivity contribution >= 4 is 28.3 Å². The van der Waals surface area contributed by atoms with E-state index in [0.29, 0.717) is 5.15 Å². The van der Waals surface area contributed by atoms with Gasteiger partial charge in [-0.05, 0) is 26.7 Å². The van der Waals surface area contributed by atoms with Crippen LogP contribution in [0.15, 0.2) is 23.3 Å². The van der Waals surface area contributed by atoms with Crippen LogP contribution in [0.5, 0.6) is 0 Å². The Hall–Kier alpha value is -2.83. The minimum absolute atomic E-state index is 0.0719. The van der Waals surface area contributed by atoms with Crippen LogP contribution in [0.4, 0.5) is 5.69 Å². The normalized spacial score (nSPS) is 20.1. The highest BCUT2D eigenvalue weighted by Crippen LogP contribution is 2.34. The number of nitriles is 1. The highest BCUT2D eigenvalue weighted by molar-refractivity contribution is 6.29. The average molecular weight is 485 g/mol. The van der Waals surface area contributed by atoms with Gasteiger partial charge in [-0.3, -0.25) is 14.4 Å². The van der Waals surface area contributed by atoms with Gasteiger partial charge in [0, 0.05) is 44.8 Å². The Morgan fingerprint density at radius 2 is 1.97 bits per heavy atom. The summed E-state index contributed by atoms with van der Waals surface area (Å²) in [6.45, 7) is 11.2. The molecule has 0 bridgehead atoms. The molecule has 4 heterocycles. The summed E-state index contributed by atoms with van der Waals surface area (Å²) in [7, 11) is 1.75. The van der Waals surface area contributed by atoms with Crippen LogP contribution in [0.1, 0.15) is 52.4 Å². The molecule has 10 heteroatoms. The van der Waals surface area contributed by atoms with Crippen LogP contribution in [-0.4, -0.2) is 54.0 Å². The Labute approximate surface area is 205 Å². The summed E-state index contributed by atoms with van der Waals surface area (Å²) in [6, 6.07) is 4.44. The molecule has 0 spiro atoms. The molecule has 0 unspecified atom stereocenters. The summed E-state index contributed by atoms with van der Waals surface area (Å²) in [4.78, 5) is 22.4. The zero-order chi connectivity index (χ0) is 24.6. The van der Waals surface area contributed by atoms with Gasteiger partial charge in [0.25, 0.3) is 5.56 Å². The van der Waals surface area contributed by atoms with Gasteiger partial charge in [-0.25, -0.2) is 4.98 Å². The second kappa shape index (κ2) is 9.80. The maximum atomic E-state index is 12.8. The lowest BCUT2D eigenvalue weighted by Gasteiger charge is -2.49. The molecule has 1 aliphatic heterocycles. The van der Waals surface area contributed by atoms with Crippen LogP contribution in [0.25, 0.3) is 11.0 Å². The lowest BCUT2D eigenvalue weighted by Crippen LogP contribution is -2.59. The van der Waals surface area contributed by atoms with Gasteiger partial charge in [-0.2, -0.15) is 10.4 Å². The first-order valence-corrected chi connectivity index (χ1v) is 12.4. The molecule has 3 atom stereocenters. The topological polar surface area (TPSA) is 87.9 Å². The second-order valence-corrected chi connectivity index (χ2v) is 9.37. The van der Waals surface area contributed by atoms with Crippen LogP contribution < -0.4 is 10.5 Å². The molecule has 3 aromatic rings.